The zero-order valence-electron chi connectivity index (χ0n) is 24.2. The lowest BCUT2D eigenvalue weighted by atomic mass is 10.1. The molecule has 3 N–H and O–H groups in total. The molecule has 0 aliphatic carbocycles. The van der Waals surface area contributed by atoms with Crippen LogP contribution in [0.15, 0.2) is 97.2 Å². The van der Waals surface area contributed by atoms with E-state index >= 15 is 0 Å². The van der Waals surface area contributed by atoms with Gasteiger partial charge in [0.1, 0.15) is 28.7 Å². The fourth-order valence-electron chi connectivity index (χ4n) is 4.62. The molecule has 0 fully saturated rings. The number of ether oxygens (including phenoxy) is 2. The minimum absolute atomic E-state index is 0.355. The van der Waals surface area contributed by atoms with Crippen LogP contribution in [-0.4, -0.2) is 38.8 Å². The lowest BCUT2D eigenvalue weighted by Gasteiger charge is -2.16. The van der Waals surface area contributed by atoms with Crippen molar-refractivity contribution >= 4 is 29.0 Å². The minimum atomic E-state index is 0.355. The van der Waals surface area contributed by atoms with Crippen LogP contribution in [0, 0.1) is 11.3 Å². The zero-order chi connectivity index (χ0) is 30.3. The van der Waals surface area contributed by atoms with Gasteiger partial charge in [0.15, 0.2) is 5.65 Å². The van der Waals surface area contributed by atoms with Gasteiger partial charge >= 0.3 is 0 Å². The van der Waals surface area contributed by atoms with Crippen molar-refractivity contribution in [2.75, 3.05) is 30.2 Å². The second kappa shape index (κ2) is 12.8. The Bertz CT molecular complexity index is 1920. The van der Waals surface area contributed by atoms with Crippen LogP contribution < -0.4 is 25.4 Å². The highest BCUT2D eigenvalue weighted by Crippen LogP contribution is 2.33. The van der Waals surface area contributed by atoms with Crippen LogP contribution in [0.4, 0.5) is 23.4 Å². The summed E-state index contributed by atoms with van der Waals surface area (Å²) in [4.78, 5) is 14.3. The SMILES string of the molecule is COc1ccc(CNc2c(-c3cccc(C#N)c3)nc(NCc3ccc(OC)cc3)n3nc(Nc4ccccn4)nc23)cc1. The highest BCUT2D eigenvalue weighted by molar-refractivity contribution is 5.86. The number of hydrogen-bond acceptors (Lipinski definition) is 10. The van der Waals surface area contributed by atoms with Crippen molar-refractivity contribution in [2.45, 2.75) is 13.1 Å². The standard InChI is InChI=1S/C33H29N9O2/c1-43-26-13-9-22(10-14-26)20-36-30-29(25-7-5-6-24(18-25)19-34)39-33(37-21-23-11-15-27(44-2)16-12-23)42-31(30)40-32(41-42)38-28-8-3-4-17-35-28/h3-18,36H,20-21H2,1-2H3,(H,37,39)(H,35,38,41). The summed E-state index contributed by atoms with van der Waals surface area (Å²) < 4.78 is 12.3. The number of rotatable bonds is 11. The molecule has 3 aromatic heterocycles. The number of hydrogen-bond donors (Lipinski definition) is 3. The summed E-state index contributed by atoms with van der Waals surface area (Å²) in [6, 6.07) is 30.8. The molecule has 218 valence electrons. The van der Waals surface area contributed by atoms with Crippen LogP contribution in [0.1, 0.15) is 16.7 Å². The summed E-state index contributed by atoms with van der Waals surface area (Å²) in [7, 11) is 3.28. The van der Waals surface area contributed by atoms with Crippen molar-refractivity contribution in [1.82, 2.24) is 24.6 Å². The zero-order valence-corrected chi connectivity index (χ0v) is 24.2. The molecule has 0 spiro atoms. The van der Waals surface area contributed by atoms with Crippen molar-refractivity contribution in [3.05, 3.63) is 114 Å². The highest BCUT2D eigenvalue weighted by Gasteiger charge is 2.20. The molecule has 0 aliphatic rings. The Labute approximate surface area is 254 Å². The molecule has 0 aliphatic heterocycles. The summed E-state index contributed by atoms with van der Waals surface area (Å²) in [5.41, 5.74) is 5.18. The second-order valence-corrected chi connectivity index (χ2v) is 9.77. The number of anilines is 4. The van der Waals surface area contributed by atoms with Crippen LogP contribution in [0.3, 0.4) is 0 Å². The Morgan fingerprint density at radius 2 is 1.50 bits per heavy atom. The second-order valence-electron chi connectivity index (χ2n) is 9.77. The number of benzene rings is 3. The van der Waals surface area contributed by atoms with Gasteiger partial charge in [-0.3, -0.25) is 0 Å². The molecule has 0 amide bonds. The van der Waals surface area contributed by atoms with Crippen LogP contribution in [0.5, 0.6) is 11.5 Å². The van der Waals surface area contributed by atoms with Crippen molar-refractivity contribution < 1.29 is 9.47 Å². The predicted molar refractivity (Wildman–Crippen MR) is 169 cm³/mol. The van der Waals surface area contributed by atoms with E-state index in [1.165, 1.54) is 0 Å². The average molecular weight is 584 g/mol. The van der Waals surface area contributed by atoms with Gasteiger partial charge in [-0.2, -0.15) is 14.8 Å². The number of methoxy groups -OCH3 is 2. The fraction of sp³-hybridized carbons (Fsp3) is 0.121. The number of pyridine rings is 1. The molecule has 11 heteroatoms. The van der Waals surface area contributed by atoms with Gasteiger partial charge in [-0.25, -0.2) is 9.97 Å². The molecule has 3 aromatic carbocycles. The van der Waals surface area contributed by atoms with E-state index in [1.54, 1.807) is 31.0 Å². The molecule has 11 nitrogen and oxygen atoms in total. The molecule has 0 saturated carbocycles. The van der Waals surface area contributed by atoms with Gasteiger partial charge in [0.25, 0.3) is 0 Å². The predicted octanol–water partition coefficient (Wildman–Crippen LogP) is 6.04. The molecule has 0 atom stereocenters. The Kier molecular flexibility index (Phi) is 8.14. The summed E-state index contributed by atoms with van der Waals surface area (Å²) in [5.74, 6) is 3.00. The maximum atomic E-state index is 9.63. The fourth-order valence-corrected chi connectivity index (χ4v) is 4.62. The first-order chi connectivity index (χ1) is 21.6. The third kappa shape index (κ3) is 6.19. The lowest BCUT2D eigenvalue weighted by molar-refractivity contribution is 0.414. The van der Waals surface area contributed by atoms with Crippen LogP contribution in [-0.2, 0) is 13.1 Å². The molecule has 3 heterocycles. The Morgan fingerprint density at radius 3 is 2.14 bits per heavy atom. The topological polar surface area (TPSA) is 134 Å². The lowest BCUT2D eigenvalue weighted by Crippen LogP contribution is -2.12. The first-order valence-corrected chi connectivity index (χ1v) is 13.9. The molecule has 6 rings (SSSR count). The van der Waals surface area contributed by atoms with E-state index in [-0.39, 0.29) is 0 Å². The van der Waals surface area contributed by atoms with Crippen LogP contribution in [0.25, 0.3) is 16.9 Å². The smallest absolute Gasteiger partial charge is 0.248 e. The molecule has 0 saturated heterocycles. The summed E-state index contributed by atoms with van der Waals surface area (Å²) in [6.45, 7) is 0.964. The van der Waals surface area contributed by atoms with Gasteiger partial charge in [-0.1, -0.05) is 42.5 Å². The number of nitrogens with zero attached hydrogens (tertiary/aromatic N) is 6. The van der Waals surface area contributed by atoms with Crippen molar-refractivity contribution in [2.24, 2.45) is 0 Å². The molecule has 44 heavy (non-hydrogen) atoms. The van der Waals surface area contributed by atoms with E-state index in [2.05, 4.69) is 27.0 Å². The van der Waals surface area contributed by atoms with Crippen molar-refractivity contribution in [1.29, 1.82) is 5.26 Å². The molecule has 0 bridgehead atoms. The third-order valence-electron chi connectivity index (χ3n) is 6.89. The summed E-state index contributed by atoms with van der Waals surface area (Å²) >= 11 is 0. The van der Waals surface area contributed by atoms with Crippen LogP contribution in [0.2, 0.25) is 0 Å². The maximum Gasteiger partial charge on any atom is 0.248 e. The minimum Gasteiger partial charge on any atom is -0.497 e. The van der Waals surface area contributed by atoms with E-state index < -0.39 is 0 Å². The summed E-state index contributed by atoms with van der Waals surface area (Å²) in [6.07, 6.45) is 1.70. The Morgan fingerprint density at radius 1 is 0.795 bits per heavy atom. The van der Waals surface area contributed by atoms with Gasteiger partial charge < -0.3 is 25.4 Å². The summed E-state index contributed by atoms with van der Waals surface area (Å²) in [5, 5.41) is 24.5. The number of aromatic nitrogens is 5. The van der Waals surface area contributed by atoms with Gasteiger partial charge in [-0.15, -0.1) is 5.10 Å². The molecule has 6 aromatic rings. The van der Waals surface area contributed by atoms with Crippen molar-refractivity contribution in [3.8, 4) is 28.8 Å². The maximum absolute atomic E-state index is 9.63. The molecular formula is C33H29N9O2. The van der Waals surface area contributed by atoms with Crippen molar-refractivity contribution in [3.63, 3.8) is 0 Å². The van der Waals surface area contributed by atoms with Crippen LogP contribution >= 0.6 is 0 Å². The molecule has 0 radical (unpaired) electrons. The monoisotopic (exact) mass is 583 g/mol. The molecular weight excluding hydrogens is 554 g/mol. The first-order valence-electron chi connectivity index (χ1n) is 13.9. The normalized spacial score (nSPS) is 10.7. The quantitative estimate of drug-likeness (QED) is 0.166. The van der Waals surface area contributed by atoms with E-state index in [1.807, 2.05) is 84.9 Å². The highest BCUT2D eigenvalue weighted by atomic mass is 16.5. The Balaban J connectivity index is 1.46. The number of nitrogens with one attached hydrogen (secondary N) is 3. The van der Waals surface area contributed by atoms with E-state index in [4.69, 9.17) is 24.5 Å². The van der Waals surface area contributed by atoms with Gasteiger partial charge in [0, 0.05) is 24.8 Å². The Hall–Kier alpha value is -6.15. The average Bonchev–Trinajstić information content (AvgIpc) is 3.51. The van der Waals surface area contributed by atoms with E-state index in [0.717, 1.165) is 28.2 Å². The first kappa shape index (κ1) is 28.0. The van der Waals surface area contributed by atoms with Gasteiger partial charge in [0.2, 0.25) is 11.9 Å². The van der Waals surface area contributed by atoms with Gasteiger partial charge in [0.05, 0.1) is 25.9 Å². The van der Waals surface area contributed by atoms with Gasteiger partial charge in [-0.05, 0) is 59.7 Å². The van der Waals surface area contributed by atoms with E-state index in [9.17, 15) is 5.26 Å². The number of nitriles is 1. The largest absolute Gasteiger partial charge is 0.497 e. The van der Waals surface area contributed by atoms with E-state index in [0.29, 0.717) is 53.4 Å². The number of fused-ring (bicyclic) bond motifs is 1. The molecule has 0 unspecified atom stereocenters. The third-order valence-corrected chi connectivity index (χ3v) is 6.89.